The highest BCUT2D eigenvalue weighted by Crippen LogP contribution is 2.30. The number of hydrogen-bond donors (Lipinski definition) is 1. The third-order valence-corrected chi connectivity index (χ3v) is 4.79. The lowest BCUT2D eigenvalue weighted by Gasteiger charge is -2.36. The molecule has 1 fully saturated rings. The van der Waals surface area contributed by atoms with Gasteiger partial charge in [-0.2, -0.15) is 0 Å². The second-order valence-corrected chi connectivity index (χ2v) is 6.32. The van der Waals surface area contributed by atoms with Gasteiger partial charge in [0.25, 0.3) is 0 Å². The van der Waals surface area contributed by atoms with Gasteiger partial charge in [0.1, 0.15) is 11.4 Å². The van der Waals surface area contributed by atoms with Crippen molar-refractivity contribution >= 4 is 16.9 Å². The second kappa shape index (κ2) is 7.26. The molecule has 1 aliphatic carbocycles. The molecule has 1 aromatic carbocycles. The van der Waals surface area contributed by atoms with Crippen LogP contribution in [0, 0.1) is 5.82 Å². The molecule has 5 heteroatoms. The zero-order chi connectivity index (χ0) is 17.0. The Kier molecular flexibility index (Phi) is 5.09. The number of nitrogens with zero attached hydrogens (tertiary/aromatic N) is 1. The summed E-state index contributed by atoms with van der Waals surface area (Å²) in [5, 5.41) is 3.92. The Morgan fingerprint density at radius 1 is 1.29 bits per heavy atom. The van der Waals surface area contributed by atoms with Crippen LogP contribution in [0.3, 0.4) is 0 Å². The van der Waals surface area contributed by atoms with Crippen LogP contribution >= 0.6 is 0 Å². The molecule has 0 bridgehead atoms. The number of nitrogens with one attached hydrogen (secondary N) is 1. The van der Waals surface area contributed by atoms with Gasteiger partial charge in [0.2, 0.25) is 0 Å². The average molecular weight is 330 g/mol. The molecule has 0 aliphatic heterocycles. The van der Waals surface area contributed by atoms with E-state index in [2.05, 4.69) is 10.3 Å². The lowest BCUT2D eigenvalue weighted by molar-refractivity contribution is -0.153. The van der Waals surface area contributed by atoms with Crippen molar-refractivity contribution in [1.82, 2.24) is 10.3 Å². The fraction of sp³-hybridized carbons (Fsp3) is 0.474. The van der Waals surface area contributed by atoms with E-state index in [0.29, 0.717) is 24.1 Å². The molecule has 1 saturated carbocycles. The normalized spacial score (nSPS) is 16.9. The van der Waals surface area contributed by atoms with E-state index in [9.17, 15) is 9.18 Å². The van der Waals surface area contributed by atoms with Crippen LogP contribution in [0.2, 0.25) is 0 Å². The number of ether oxygens (including phenoxy) is 1. The van der Waals surface area contributed by atoms with Crippen LogP contribution in [0.5, 0.6) is 0 Å². The number of carbonyl (C=O) groups excluding carboxylic acids is 1. The zero-order valence-electron chi connectivity index (χ0n) is 14.0. The molecule has 0 unspecified atom stereocenters. The Balaban J connectivity index is 1.85. The van der Waals surface area contributed by atoms with Crippen molar-refractivity contribution in [2.24, 2.45) is 0 Å². The number of carbonyl (C=O) groups is 1. The van der Waals surface area contributed by atoms with Crippen LogP contribution in [0.4, 0.5) is 4.39 Å². The van der Waals surface area contributed by atoms with Crippen molar-refractivity contribution < 1.29 is 13.9 Å². The number of pyridine rings is 1. The number of halogens is 1. The lowest BCUT2D eigenvalue weighted by atomic mass is 9.81. The smallest absolute Gasteiger partial charge is 0.326 e. The Hall–Kier alpha value is -2.01. The maximum Gasteiger partial charge on any atom is 0.326 e. The highest BCUT2D eigenvalue weighted by Gasteiger charge is 2.40. The molecule has 128 valence electrons. The summed E-state index contributed by atoms with van der Waals surface area (Å²) in [6.07, 6.45) is 6.37. The largest absolute Gasteiger partial charge is 0.465 e. The SMILES string of the molecule is CCOC(=O)C1(NCc2ccc(F)c3cccnc23)CCCCC1. The van der Waals surface area contributed by atoms with Crippen molar-refractivity contribution in [2.75, 3.05) is 6.61 Å². The Morgan fingerprint density at radius 3 is 2.83 bits per heavy atom. The summed E-state index contributed by atoms with van der Waals surface area (Å²) in [5.41, 5.74) is 0.894. The van der Waals surface area contributed by atoms with Gasteiger partial charge in [0.05, 0.1) is 12.1 Å². The predicted molar refractivity (Wildman–Crippen MR) is 91.0 cm³/mol. The van der Waals surface area contributed by atoms with Gasteiger partial charge in [-0.15, -0.1) is 0 Å². The summed E-state index contributed by atoms with van der Waals surface area (Å²) >= 11 is 0. The lowest BCUT2D eigenvalue weighted by Crippen LogP contribution is -2.53. The fourth-order valence-corrected chi connectivity index (χ4v) is 3.48. The molecule has 4 nitrogen and oxygen atoms in total. The first-order chi connectivity index (χ1) is 11.7. The minimum atomic E-state index is -0.635. The zero-order valence-corrected chi connectivity index (χ0v) is 14.0. The molecule has 1 heterocycles. The van der Waals surface area contributed by atoms with Crippen LogP contribution in [0.1, 0.15) is 44.6 Å². The van der Waals surface area contributed by atoms with E-state index >= 15 is 0 Å². The van der Waals surface area contributed by atoms with Gasteiger partial charge in [-0.25, -0.2) is 4.39 Å². The summed E-state index contributed by atoms with van der Waals surface area (Å²) in [7, 11) is 0. The van der Waals surface area contributed by atoms with E-state index in [1.165, 1.54) is 6.07 Å². The van der Waals surface area contributed by atoms with Gasteiger partial charge >= 0.3 is 5.97 Å². The maximum absolute atomic E-state index is 13.9. The van der Waals surface area contributed by atoms with Gasteiger partial charge < -0.3 is 4.74 Å². The summed E-state index contributed by atoms with van der Waals surface area (Å²) < 4.78 is 19.2. The van der Waals surface area contributed by atoms with E-state index in [1.54, 1.807) is 24.4 Å². The van der Waals surface area contributed by atoms with Gasteiger partial charge in [-0.05, 0) is 43.5 Å². The molecule has 0 saturated heterocycles. The molecular weight excluding hydrogens is 307 g/mol. The number of aromatic nitrogens is 1. The fourth-order valence-electron chi connectivity index (χ4n) is 3.48. The molecule has 0 amide bonds. The summed E-state index contributed by atoms with van der Waals surface area (Å²) in [5.74, 6) is -0.455. The van der Waals surface area contributed by atoms with Crippen molar-refractivity contribution in [3.8, 4) is 0 Å². The van der Waals surface area contributed by atoms with E-state index in [0.717, 1.165) is 37.7 Å². The summed E-state index contributed by atoms with van der Waals surface area (Å²) in [6, 6.07) is 6.64. The van der Waals surface area contributed by atoms with Gasteiger partial charge in [-0.1, -0.05) is 25.3 Å². The molecule has 3 rings (SSSR count). The first kappa shape index (κ1) is 16.8. The monoisotopic (exact) mass is 330 g/mol. The van der Waals surface area contributed by atoms with Gasteiger partial charge in [0, 0.05) is 18.1 Å². The predicted octanol–water partition coefficient (Wildman–Crippen LogP) is 3.73. The molecular formula is C19H23FN2O2. The number of esters is 1. The minimum Gasteiger partial charge on any atom is -0.465 e. The van der Waals surface area contributed by atoms with Crippen molar-refractivity contribution in [2.45, 2.75) is 51.1 Å². The number of rotatable bonds is 5. The standard InChI is InChI=1S/C19H23FN2O2/c1-2-24-18(23)19(10-4-3-5-11-19)22-13-14-8-9-16(20)15-7-6-12-21-17(14)15/h6-9,12,22H,2-5,10-11,13H2,1H3. The van der Waals surface area contributed by atoms with Crippen molar-refractivity contribution in [1.29, 1.82) is 0 Å². The molecule has 1 aliphatic rings. The van der Waals surface area contributed by atoms with E-state index in [-0.39, 0.29) is 11.8 Å². The maximum atomic E-state index is 13.9. The van der Waals surface area contributed by atoms with Crippen LogP contribution in [-0.2, 0) is 16.1 Å². The molecule has 0 radical (unpaired) electrons. The molecule has 1 aromatic heterocycles. The van der Waals surface area contributed by atoms with E-state index < -0.39 is 5.54 Å². The Labute approximate surface area is 141 Å². The molecule has 24 heavy (non-hydrogen) atoms. The van der Waals surface area contributed by atoms with Crippen molar-refractivity contribution in [3.05, 3.63) is 41.8 Å². The Bertz CT molecular complexity index is 726. The summed E-state index contributed by atoms with van der Waals surface area (Å²) in [4.78, 5) is 16.8. The highest BCUT2D eigenvalue weighted by atomic mass is 19.1. The quantitative estimate of drug-likeness (QED) is 0.849. The van der Waals surface area contributed by atoms with Crippen LogP contribution in [0.25, 0.3) is 10.9 Å². The first-order valence-electron chi connectivity index (χ1n) is 8.61. The molecule has 1 N–H and O–H groups in total. The molecule has 0 spiro atoms. The van der Waals surface area contributed by atoms with Gasteiger partial charge in [-0.3, -0.25) is 15.1 Å². The van der Waals surface area contributed by atoms with Crippen LogP contribution in [0.15, 0.2) is 30.5 Å². The topological polar surface area (TPSA) is 51.2 Å². The first-order valence-corrected chi connectivity index (χ1v) is 8.61. The second-order valence-electron chi connectivity index (χ2n) is 6.32. The van der Waals surface area contributed by atoms with E-state index in [4.69, 9.17) is 4.74 Å². The Morgan fingerprint density at radius 2 is 2.08 bits per heavy atom. The number of benzene rings is 1. The number of fused-ring (bicyclic) bond motifs is 1. The molecule has 2 aromatic rings. The minimum absolute atomic E-state index is 0.177. The third-order valence-electron chi connectivity index (χ3n) is 4.79. The summed E-state index contributed by atoms with van der Waals surface area (Å²) in [6.45, 7) is 2.67. The van der Waals surface area contributed by atoms with Crippen LogP contribution < -0.4 is 5.32 Å². The van der Waals surface area contributed by atoms with Crippen molar-refractivity contribution in [3.63, 3.8) is 0 Å². The number of hydrogen-bond acceptors (Lipinski definition) is 4. The molecule has 0 atom stereocenters. The van der Waals surface area contributed by atoms with E-state index in [1.807, 2.05) is 6.92 Å². The van der Waals surface area contributed by atoms with Gasteiger partial charge in [0.15, 0.2) is 0 Å². The van der Waals surface area contributed by atoms with Crippen LogP contribution in [-0.4, -0.2) is 23.1 Å². The third kappa shape index (κ3) is 3.26. The average Bonchev–Trinajstić information content (AvgIpc) is 2.62. The highest BCUT2D eigenvalue weighted by molar-refractivity contribution is 5.83.